The smallest absolute Gasteiger partial charge is 0.298 e. The molecule has 0 radical (unpaired) electrons. The number of amides is 2. The SMILES string of the molecule is O=C(C(=O)N1CCN(C(=O)c2ccccc2)CC1)c1nc2ccccc2[nH]1. The van der Waals surface area contributed by atoms with E-state index >= 15 is 0 Å². The van der Waals surface area contributed by atoms with Crippen LogP contribution in [0.2, 0.25) is 0 Å². The molecule has 2 heterocycles. The van der Waals surface area contributed by atoms with Gasteiger partial charge in [0.2, 0.25) is 0 Å². The maximum Gasteiger partial charge on any atom is 0.298 e. The number of hydrogen-bond donors (Lipinski definition) is 1. The zero-order chi connectivity index (χ0) is 18.8. The number of fused-ring (bicyclic) bond motifs is 1. The Morgan fingerprint density at radius 1 is 0.815 bits per heavy atom. The van der Waals surface area contributed by atoms with Crippen LogP contribution < -0.4 is 0 Å². The fourth-order valence-electron chi connectivity index (χ4n) is 3.18. The number of rotatable bonds is 3. The van der Waals surface area contributed by atoms with Gasteiger partial charge in [0.15, 0.2) is 5.82 Å². The molecule has 0 saturated carbocycles. The monoisotopic (exact) mass is 362 g/mol. The molecule has 3 aromatic rings. The van der Waals surface area contributed by atoms with Gasteiger partial charge in [-0.1, -0.05) is 30.3 Å². The first kappa shape index (κ1) is 17.0. The van der Waals surface area contributed by atoms with Crippen LogP contribution in [0.15, 0.2) is 54.6 Å². The summed E-state index contributed by atoms with van der Waals surface area (Å²) in [6, 6.07) is 16.3. The fourth-order valence-corrected chi connectivity index (χ4v) is 3.18. The van der Waals surface area contributed by atoms with Crippen LogP contribution in [0.4, 0.5) is 0 Å². The van der Waals surface area contributed by atoms with E-state index in [0.29, 0.717) is 42.8 Å². The van der Waals surface area contributed by atoms with Gasteiger partial charge in [-0.3, -0.25) is 14.4 Å². The third kappa shape index (κ3) is 3.31. The minimum Gasteiger partial charge on any atom is -0.335 e. The Bertz CT molecular complexity index is 971. The number of aromatic amines is 1. The van der Waals surface area contributed by atoms with Crippen molar-refractivity contribution >= 4 is 28.6 Å². The van der Waals surface area contributed by atoms with E-state index in [1.165, 1.54) is 4.90 Å². The van der Waals surface area contributed by atoms with Gasteiger partial charge in [0.1, 0.15) is 0 Å². The molecule has 27 heavy (non-hydrogen) atoms. The van der Waals surface area contributed by atoms with Gasteiger partial charge >= 0.3 is 0 Å². The predicted octanol–water partition coefficient (Wildman–Crippen LogP) is 1.73. The summed E-state index contributed by atoms with van der Waals surface area (Å²) in [5, 5.41) is 0. The highest BCUT2D eigenvalue weighted by Crippen LogP contribution is 2.13. The van der Waals surface area contributed by atoms with E-state index in [2.05, 4.69) is 9.97 Å². The van der Waals surface area contributed by atoms with Crippen molar-refractivity contribution < 1.29 is 14.4 Å². The summed E-state index contributed by atoms with van der Waals surface area (Å²) >= 11 is 0. The lowest BCUT2D eigenvalue weighted by Gasteiger charge is -2.34. The van der Waals surface area contributed by atoms with Gasteiger partial charge in [0.25, 0.3) is 17.6 Å². The summed E-state index contributed by atoms with van der Waals surface area (Å²) < 4.78 is 0. The summed E-state index contributed by atoms with van der Waals surface area (Å²) in [4.78, 5) is 47.8. The van der Waals surface area contributed by atoms with Crippen molar-refractivity contribution in [3.63, 3.8) is 0 Å². The van der Waals surface area contributed by atoms with Crippen molar-refractivity contribution in [2.45, 2.75) is 0 Å². The largest absolute Gasteiger partial charge is 0.335 e. The highest BCUT2D eigenvalue weighted by molar-refractivity contribution is 6.42. The quantitative estimate of drug-likeness (QED) is 0.568. The number of aromatic nitrogens is 2. The van der Waals surface area contributed by atoms with Gasteiger partial charge in [0, 0.05) is 31.7 Å². The van der Waals surface area contributed by atoms with E-state index in [1.54, 1.807) is 29.2 Å². The van der Waals surface area contributed by atoms with Crippen molar-refractivity contribution in [1.82, 2.24) is 19.8 Å². The lowest BCUT2D eigenvalue weighted by Crippen LogP contribution is -2.52. The van der Waals surface area contributed by atoms with E-state index in [1.807, 2.05) is 30.3 Å². The molecule has 1 saturated heterocycles. The average molecular weight is 362 g/mol. The summed E-state index contributed by atoms with van der Waals surface area (Å²) in [5.41, 5.74) is 1.98. The van der Waals surface area contributed by atoms with Gasteiger partial charge in [-0.25, -0.2) is 4.98 Å². The van der Waals surface area contributed by atoms with Crippen molar-refractivity contribution in [1.29, 1.82) is 0 Å². The van der Waals surface area contributed by atoms with E-state index in [-0.39, 0.29) is 11.7 Å². The summed E-state index contributed by atoms with van der Waals surface area (Å²) in [6.07, 6.45) is 0. The van der Waals surface area contributed by atoms with Gasteiger partial charge in [-0.15, -0.1) is 0 Å². The first-order valence-corrected chi connectivity index (χ1v) is 8.76. The molecule has 1 aliphatic rings. The van der Waals surface area contributed by atoms with Crippen LogP contribution in [-0.2, 0) is 4.79 Å². The number of benzene rings is 2. The Hall–Kier alpha value is -3.48. The van der Waals surface area contributed by atoms with Gasteiger partial charge in [-0.2, -0.15) is 0 Å². The standard InChI is InChI=1S/C20H18N4O3/c25-17(18-21-15-8-4-5-9-16(15)22-18)20(27)24-12-10-23(11-13-24)19(26)14-6-2-1-3-7-14/h1-9H,10-13H2,(H,21,22). The highest BCUT2D eigenvalue weighted by atomic mass is 16.2. The van der Waals surface area contributed by atoms with Crippen molar-refractivity contribution in [3.05, 3.63) is 66.0 Å². The molecular formula is C20H18N4O3. The number of ketones is 1. The Morgan fingerprint density at radius 3 is 2.15 bits per heavy atom. The topological polar surface area (TPSA) is 86.4 Å². The van der Waals surface area contributed by atoms with Crippen LogP contribution in [0, 0.1) is 0 Å². The normalized spacial score (nSPS) is 14.4. The second-order valence-electron chi connectivity index (χ2n) is 6.38. The number of carbonyl (C=O) groups excluding carboxylic acids is 3. The molecule has 2 aromatic carbocycles. The van der Waals surface area contributed by atoms with Gasteiger partial charge < -0.3 is 14.8 Å². The number of piperazine rings is 1. The number of para-hydroxylation sites is 2. The number of carbonyl (C=O) groups is 3. The maximum absolute atomic E-state index is 12.5. The van der Waals surface area contributed by atoms with Crippen molar-refractivity contribution in [2.24, 2.45) is 0 Å². The molecule has 1 aromatic heterocycles. The van der Waals surface area contributed by atoms with E-state index in [0.717, 1.165) is 0 Å². The van der Waals surface area contributed by atoms with Crippen LogP contribution in [-0.4, -0.2) is 63.5 Å². The van der Waals surface area contributed by atoms with Crippen molar-refractivity contribution in [2.75, 3.05) is 26.2 Å². The predicted molar refractivity (Wildman–Crippen MR) is 99.3 cm³/mol. The van der Waals surface area contributed by atoms with Gasteiger partial charge in [-0.05, 0) is 24.3 Å². The van der Waals surface area contributed by atoms with E-state index < -0.39 is 11.7 Å². The van der Waals surface area contributed by atoms with E-state index in [9.17, 15) is 14.4 Å². The molecule has 0 atom stereocenters. The van der Waals surface area contributed by atoms with Crippen LogP contribution in [0.5, 0.6) is 0 Å². The van der Waals surface area contributed by atoms with Crippen LogP contribution in [0.1, 0.15) is 21.0 Å². The second kappa shape index (κ2) is 7.03. The zero-order valence-corrected chi connectivity index (χ0v) is 14.6. The van der Waals surface area contributed by atoms with Crippen molar-refractivity contribution in [3.8, 4) is 0 Å². The Morgan fingerprint density at radius 2 is 1.44 bits per heavy atom. The minimum absolute atomic E-state index is 0.0454. The van der Waals surface area contributed by atoms with Gasteiger partial charge in [0.05, 0.1) is 11.0 Å². The number of Topliss-reactive ketones (excluding diaryl/α,β-unsaturated/α-hetero) is 1. The van der Waals surface area contributed by atoms with E-state index in [4.69, 9.17) is 0 Å². The Labute approximate surface area is 155 Å². The third-order valence-electron chi connectivity index (χ3n) is 4.67. The molecule has 0 unspecified atom stereocenters. The first-order valence-electron chi connectivity index (χ1n) is 8.76. The molecule has 1 fully saturated rings. The lowest BCUT2D eigenvalue weighted by molar-refractivity contribution is -0.127. The lowest BCUT2D eigenvalue weighted by atomic mass is 10.2. The molecule has 0 spiro atoms. The van der Waals surface area contributed by atoms with Crippen LogP contribution in [0.3, 0.4) is 0 Å². The number of imidazole rings is 1. The maximum atomic E-state index is 12.5. The number of nitrogens with zero attached hydrogens (tertiary/aromatic N) is 3. The first-order chi connectivity index (χ1) is 13.1. The Balaban J connectivity index is 1.41. The summed E-state index contributed by atoms with van der Waals surface area (Å²) in [7, 11) is 0. The molecular weight excluding hydrogens is 344 g/mol. The molecule has 7 heteroatoms. The molecule has 0 aliphatic carbocycles. The van der Waals surface area contributed by atoms with Crippen LogP contribution in [0.25, 0.3) is 11.0 Å². The summed E-state index contributed by atoms with van der Waals surface area (Å²) in [5.74, 6) is -1.27. The number of H-pyrrole nitrogens is 1. The molecule has 0 bridgehead atoms. The number of nitrogens with one attached hydrogen (secondary N) is 1. The minimum atomic E-state index is -0.658. The van der Waals surface area contributed by atoms with Crippen LogP contribution >= 0.6 is 0 Å². The molecule has 1 N–H and O–H groups in total. The third-order valence-corrected chi connectivity index (χ3v) is 4.67. The molecule has 4 rings (SSSR count). The molecule has 2 amide bonds. The molecule has 7 nitrogen and oxygen atoms in total. The average Bonchev–Trinajstić information content (AvgIpc) is 3.17. The molecule has 1 aliphatic heterocycles. The molecule has 136 valence electrons. The summed E-state index contributed by atoms with van der Waals surface area (Å²) in [6.45, 7) is 1.44. The zero-order valence-electron chi connectivity index (χ0n) is 14.6. The second-order valence-corrected chi connectivity index (χ2v) is 6.38. The fraction of sp³-hybridized carbons (Fsp3) is 0.200. The highest BCUT2D eigenvalue weighted by Gasteiger charge is 2.30. The number of hydrogen-bond acceptors (Lipinski definition) is 4. The Kier molecular flexibility index (Phi) is 4.42.